The number of rotatable bonds is 4. The van der Waals surface area contributed by atoms with Gasteiger partial charge in [-0.3, -0.25) is 0 Å². The van der Waals surface area contributed by atoms with Crippen molar-refractivity contribution >= 4 is 32.7 Å². The van der Waals surface area contributed by atoms with Gasteiger partial charge in [0, 0.05) is 21.9 Å². The van der Waals surface area contributed by atoms with Crippen molar-refractivity contribution in [2.45, 2.75) is 0 Å². The second kappa shape index (κ2) is 9.54. The third kappa shape index (κ3) is 4.05. The van der Waals surface area contributed by atoms with Gasteiger partial charge in [0.2, 0.25) is 0 Å². The second-order valence-corrected chi connectivity index (χ2v) is 10.1. The Labute approximate surface area is 236 Å². The summed E-state index contributed by atoms with van der Waals surface area (Å²) in [5.74, 6) is 1.82. The van der Waals surface area contributed by atoms with Crippen molar-refractivity contribution in [2.24, 2.45) is 0 Å². The van der Waals surface area contributed by atoms with Crippen LogP contribution in [0.4, 0.5) is 0 Å². The van der Waals surface area contributed by atoms with E-state index in [-0.39, 0.29) is 0 Å². The van der Waals surface area contributed by atoms with Crippen LogP contribution in [0.3, 0.4) is 0 Å². The number of fused-ring (bicyclic) bond motifs is 4. The number of aromatic nitrogens is 3. The highest BCUT2D eigenvalue weighted by Crippen LogP contribution is 2.42. The van der Waals surface area contributed by atoms with Crippen molar-refractivity contribution in [3.63, 3.8) is 0 Å². The molecule has 6 aromatic carbocycles. The molecule has 8 aromatic rings. The summed E-state index contributed by atoms with van der Waals surface area (Å²) in [5, 5.41) is 4.43. The van der Waals surface area contributed by atoms with E-state index in [0.29, 0.717) is 17.5 Å². The number of hydrogen-bond donors (Lipinski definition) is 0. The quantitative estimate of drug-likeness (QED) is 0.230. The Hall–Kier alpha value is -5.61. The summed E-state index contributed by atoms with van der Waals surface area (Å²) in [7, 11) is 0. The molecule has 0 saturated heterocycles. The maximum absolute atomic E-state index is 6.70. The first-order valence-corrected chi connectivity index (χ1v) is 13.6. The van der Waals surface area contributed by atoms with E-state index in [9.17, 15) is 0 Å². The number of furan rings is 1. The largest absolute Gasteiger partial charge is 0.455 e. The Kier molecular flexibility index (Phi) is 5.42. The molecule has 0 amide bonds. The normalized spacial score (nSPS) is 11.4. The molecule has 8 rings (SSSR count). The Morgan fingerprint density at radius 2 is 0.902 bits per heavy atom. The van der Waals surface area contributed by atoms with Crippen LogP contribution >= 0.6 is 0 Å². The lowest BCUT2D eigenvalue weighted by Gasteiger charge is -2.10. The molecule has 0 bridgehead atoms. The smallest absolute Gasteiger partial charge is 0.167 e. The van der Waals surface area contributed by atoms with E-state index in [0.717, 1.165) is 55.1 Å². The molecule has 0 aliphatic heterocycles. The molecule has 4 heteroatoms. The number of hydrogen-bond acceptors (Lipinski definition) is 4. The minimum Gasteiger partial charge on any atom is -0.455 e. The number of nitrogens with zero attached hydrogens (tertiary/aromatic N) is 3. The predicted octanol–water partition coefficient (Wildman–Crippen LogP) is 9.59. The maximum atomic E-state index is 6.70. The van der Waals surface area contributed by atoms with Gasteiger partial charge in [-0.1, -0.05) is 121 Å². The third-order valence-corrected chi connectivity index (χ3v) is 7.51. The van der Waals surface area contributed by atoms with Gasteiger partial charge in [0.25, 0.3) is 0 Å². The predicted molar refractivity (Wildman–Crippen MR) is 166 cm³/mol. The van der Waals surface area contributed by atoms with Gasteiger partial charge in [-0.2, -0.15) is 0 Å². The third-order valence-electron chi connectivity index (χ3n) is 7.51. The molecule has 0 aliphatic carbocycles. The molecule has 0 fully saturated rings. The highest BCUT2D eigenvalue weighted by Gasteiger charge is 2.21. The van der Waals surface area contributed by atoms with E-state index in [1.807, 2.05) is 66.7 Å². The van der Waals surface area contributed by atoms with E-state index in [2.05, 4.69) is 72.8 Å². The fraction of sp³-hybridized carbons (Fsp3) is 0. The highest BCUT2D eigenvalue weighted by atomic mass is 16.3. The minimum atomic E-state index is 0.575. The summed E-state index contributed by atoms with van der Waals surface area (Å²) in [5.41, 5.74) is 6.54. The molecule has 0 radical (unpaired) electrons. The molecule has 0 N–H and O–H groups in total. The Balaban J connectivity index is 1.45. The SMILES string of the molecule is c1ccc(-c2nc(-c3ccccc3)nc(-c3ccc(-c4ccccc4)c4c3oc3cc5ccccc5cc34)n2)cc1. The lowest BCUT2D eigenvalue weighted by atomic mass is 9.96. The van der Waals surface area contributed by atoms with Crippen molar-refractivity contribution in [1.82, 2.24) is 15.0 Å². The van der Waals surface area contributed by atoms with E-state index < -0.39 is 0 Å². The van der Waals surface area contributed by atoms with Crippen LogP contribution in [0, 0.1) is 0 Å². The first-order valence-electron chi connectivity index (χ1n) is 13.6. The van der Waals surface area contributed by atoms with Crippen molar-refractivity contribution in [1.29, 1.82) is 0 Å². The average Bonchev–Trinajstić information content (AvgIpc) is 3.42. The Bertz CT molecular complexity index is 2130. The maximum Gasteiger partial charge on any atom is 0.167 e. The van der Waals surface area contributed by atoms with Gasteiger partial charge in [0.15, 0.2) is 17.5 Å². The fourth-order valence-electron chi connectivity index (χ4n) is 5.53. The highest BCUT2D eigenvalue weighted by molar-refractivity contribution is 6.18. The molecule has 2 aromatic heterocycles. The Morgan fingerprint density at radius 1 is 0.415 bits per heavy atom. The van der Waals surface area contributed by atoms with Crippen LogP contribution in [0.15, 0.2) is 144 Å². The molecule has 0 atom stereocenters. The summed E-state index contributed by atoms with van der Waals surface area (Å²) < 4.78 is 6.70. The van der Waals surface area contributed by atoms with Crippen molar-refractivity contribution in [2.75, 3.05) is 0 Å². The van der Waals surface area contributed by atoms with Gasteiger partial charge in [0.05, 0.1) is 5.56 Å². The van der Waals surface area contributed by atoms with Gasteiger partial charge in [0.1, 0.15) is 11.2 Å². The van der Waals surface area contributed by atoms with Crippen LogP contribution in [0.2, 0.25) is 0 Å². The Morgan fingerprint density at radius 3 is 1.51 bits per heavy atom. The molecule has 2 heterocycles. The van der Waals surface area contributed by atoms with Gasteiger partial charge in [-0.05, 0) is 40.1 Å². The molecule has 0 aliphatic rings. The minimum absolute atomic E-state index is 0.575. The van der Waals surface area contributed by atoms with Crippen LogP contribution in [0.1, 0.15) is 0 Å². The summed E-state index contributed by atoms with van der Waals surface area (Å²) in [6, 6.07) is 47.5. The van der Waals surface area contributed by atoms with E-state index >= 15 is 0 Å². The topological polar surface area (TPSA) is 51.8 Å². The van der Waals surface area contributed by atoms with Gasteiger partial charge >= 0.3 is 0 Å². The molecular weight excluding hydrogens is 502 g/mol. The molecule has 0 saturated carbocycles. The lowest BCUT2D eigenvalue weighted by Crippen LogP contribution is -2.00. The van der Waals surface area contributed by atoms with Crippen LogP contribution in [0.25, 0.3) is 78.0 Å². The molecular formula is C37H23N3O. The molecule has 4 nitrogen and oxygen atoms in total. The zero-order valence-electron chi connectivity index (χ0n) is 22.0. The first kappa shape index (κ1) is 23.3. The molecule has 0 spiro atoms. The zero-order valence-corrected chi connectivity index (χ0v) is 22.0. The summed E-state index contributed by atoms with van der Waals surface area (Å²) in [6.45, 7) is 0. The molecule has 41 heavy (non-hydrogen) atoms. The second-order valence-electron chi connectivity index (χ2n) is 10.1. The van der Waals surface area contributed by atoms with Crippen LogP contribution in [0.5, 0.6) is 0 Å². The average molecular weight is 526 g/mol. The van der Waals surface area contributed by atoms with Crippen LogP contribution in [-0.4, -0.2) is 15.0 Å². The van der Waals surface area contributed by atoms with Crippen LogP contribution in [-0.2, 0) is 0 Å². The lowest BCUT2D eigenvalue weighted by molar-refractivity contribution is 0.670. The first-order chi connectivity index (χ1) is 20.3. The van der Waals surface area contributed by atoms with E-state index in [1.165, 1.54) is 5.39 Å². The monoisotopic (exact) mass is 525 g/mol. The summed E-state index contributed by atoms with van der Waals surface area (Å²) in [6.07, 6.45) is 0. The van der Waals surface area contributed by atoms with Gasteiger partial charge in [-0.25, -0.2) is 15.0 Å². The van der Waals surface area contributed by atoms with Crippen molar-refractivity contribution < 1.29 is 4.42 Å². The van der Waals surface area contributed by atoms with E-state index in [1.54, 1.807) is 0 Å². The van der Waals surface area contributed by atoms with E-state index in [4.69, 9.17) is 19.4 Å². The van der Waals surface area contributed by atoms with Crippen molar-refractivity contribution in [3.8, 4) is 45.3 Å². The zero-order chi connectivity index (χ0) is 27.2. The summed E-state index contributed by atoms with van der Waals surface area (Å²) >= 11 is 0. The molecule has 0 unspecified atom stereocenters. The van der Waals surface area contributed by atoms with Gasteiger partial charge in [-0.15, -0.1) is 0 Å². The molecule has 192 valence electrons. The fourth-order valence-corrected chi connectivity index (χ4v) is 5.53. The standard InChI is InChI=1S/C37H23N3O/c1-4-12-24(13-5-1)29-20-21-30(34-33(29)31-22-27-18-10-11-19-28(27)23-32(31)41-34)37-39-35(25-14-6-2-7-15-25)38-36(40-37)26-16-8-3-9-17-26/h1-23H. The summed E-state index contributed by atoms with van der Waals surface area (Å²) in [4.78, 5) is 14.9. The van der Waals surface area contributed by atoms with Crippen molar-refractivity contribution in [3.05, 3.63) is 140 Å². The van der Waals surface area contributed by atoms with Crippen LogP contribution < -0.4 is 0 Å². The number of benzene rings is 6. The van der Waals surface area contributed by atoms with Gasteiger partial charge < -0.3 is 4.42 Å².